The lowest BCUT2D eigenvalue weighted by atomic mass is 10.3. The molecule has 6 heteroatoms. The Labute approximate surface area is 121 Å². The molecule has 4 nitrogen and oxygen atoms in total. The minimum absolute atomic E-state index is 0.0378. The molecule has 1 aromatic rings. The summed E-state index contributed by atoms with van der Waals surface area (Å²) in [4.78, 5) is 13.6. The highest BCUT2D eigenvalue weighted by molar-refractivity contribution is 6.35. The van der Waals surface area contributed by atoms with Gasteiger partial charge < -0.3 is 14.7 Å². The van der Waals surface area contributed by atoms with Crippen molar-refractivity contribution in [2.75, 3.05) is 19.8 Å². The summed E-state index contributed by atoms with van der Waals surface area (Å²) in [5.74, 6) is 0.293. The van der Waals surface area contributed by atoms with E-state index >= 15 is 0 Å². The van der Waals surface area contributed by atoms with E-state index in [0.717, 1.165) is 12.8 Å². The third-order valence-electron chi connectivity index (χ3n) is 2.89. The molecule has 0 radical (unpaired) electrons. The van der Waals surface area contributed by atoms with Crippen LogP contribution in [0.2, 0.25) is 10.0 Å². The van der Waals surface area contributed by atoms with Crippen molar-refractivity contribution >= 4 is 29.1 Å². The van der Waals surface area contributed by atoms with E-state index in [1.807, 2.05) is 0 Å². The fourth-order valence-corrected chi connectivity index (χ4v) is 2.28. The number of benzene rings is 1. The number of nitrogens with zero attached hydrogens (tertiary/aromatic N) is 1. The topological polar surface area (TPSA) is 49.8 Å². The Morgan fingerprint density at radius 3 is 2.74 bits per heavy atom. The maximum atomic E-state index is 12.0. The van der Waals surface area contributed by atoms with Crippen LogP contribution in [0.1, 0.15) is 12.8 Å². The fourth-order valence-electron chi connectivity index (χ4n) is 1.82. The number of amides is 1. The van der Waals surface area contributed by atoms with Crippen LogP contribution in [0.4, 0.5) is 0 Å². The number of halogens is 2. The van der Waals surface area contributed by atoms with Crippen molar-refractivity contribution in [3.63, 3.8) is 0 Å². The standard InChI is InChI=1S/C13H15Cl2NO3/c14-9-1-4-12(11(15)7-9)19-8-13(18)16(5-6-17)10-2-3-10/h1,4,7,10,17H,2-3,5-6,8H2. The number of hydrogen-bond acceptors (Lipinski definition) is 3. The van der Waals surface area contributed by atoms with E-state index in [4.69, 9.17) is 33.0 Å². The van der Waals surface area contributed by atoms with Crippen molar-refractivity contribution in [1.82, 2.24) is 4.90 Å². The van der Waals surface area contributed by atoms with Crippen molar-refractivity contribution in [2.45, 2.75) is 18.9 Å². The van der Waals surface area contributed by atoms with Crippen LogP contribution in [0.5, 0.6) is 5.75 Å². The van der Waals surface area contributed by atoms with Gasteiger partial charge in [0.2, 0.25) is 0 Å². The normalized spacial score (nSPS) is 14.3. The summed E-state index contributed by atoms with van der Waals surface area (Å²) >= 11 is 11.7. The molecule has 0 spiro atoms. The summed E-state index contributed by atoms with van der Waals surface area (Å²) in [6.45, 7) is 0.225. The number of carbonyl (C=O) groups excluding carboxylic acids is 1. The molecule has 1 fully saturated rings. The largest absolute Gasteiger partial charge is 0.482 e. The highest BCUT2D eigenvalue weighted by Gasteiger charge is 2.32. The second kappa shape index (κ2) is 6.46. The molecular weight excluding hydrogens is 289 g/mol. The zero-order valence-electron chi connectivity index (χ0n) is 10.3. The molecule has 0 bridgehead atoms. The molecule has 19 heavy (non-hydrogen) atoms. The lowest BCUT2D eigenvalue weighted by Gasteiger charge is -2.21. The zero-order chi connectivity index (χ0) is 13.8. The van der Waals surface area contributed by atoms with Gasteiger partial charge in [0.05, 0.1) is 11.6 Å². The van der Waals surface area contributed by atoms with Gasteiger partial charge in [-0.25, -0.2) is 0 Å². The Morgan fingerprint density at radius 1 is 1.42 bits per heavy atom. The number of hydrogen-bond donors (Lipinski definition) is 1. The molecule has 0 aromatic heterocycles. The molecule has 1 aliphatic carbocycles. The SMILES string of the molecule is O=C(COc1ccc(Cl)cc1Cl)N(CCO)C1CC1. The van der Waals surface area contributed by atoms with Crippen molar-refractivity contribution in [2.24, 2.45) is 0 Å². The first-order chi connectivity index (χ1) is 9.11. The molecule has 0 aliphatic heterocycles. The highest BCUT2D eigenvalue weighted by atomic mass is 35.5. The summed E-state index contributed by atoms with van der Waals surface area (Å²) in [5.41, 5.74) is 0. The first kappa shape index (κ1) is 14.4. The van der Waals surface area contributed by atoms with Gasteiger partial charge in [0.25, 0.3) is 5.91 Å². The van der Waals surface area contributed by atoms with E-state index in [1.165, 1.54) is 0 Å². The van der Waals surface area contributed by atoms with Crippen LogP contribution >= 0.6 is 23.2 Å². The van der Waals surface area contributed by atoms with Crippen molar-refractivity contribution in [1.29, 1.82) is 0 Å². The van der Waals surface area contributed by atoms with Crippen LogP contribution in [0.3, 0.4) is 0 Å². The van der Waals surface area contributed by atoms with Gasteiger partial charge in [0, 0.05) is 17.6 Å². The van der Waals surface area contributed by atoms with E-state index in [1.54, 1.807) is 23.1 Å². The first-order valence-electron chi connectivity index (χ1n) is 6.10. The van der Waals surface area contributed by atoms with Crippen LogP contribution < -0.4 is 4.74 Å². The summed E-state index contributed by atoms with van der Waals surface area (Å²) in [6.07, 6.45) is 1.99. The number of ether oxygens (including phenoxy) is 1. The Hall–Kier alpha value is -0.970. The minimum atomic E-state index is -0.137. The van der Waals surface area contributed by atoms with Crippen molar-refractivity contribution < 1.29 is 14.6 Å². The molecule has 0 heterocycles. The van der Waals surface area contributed by atoms with Crippen LogP contribution in [0.15, 0.2) is 18.2 Å². The maximum absolute atomic E-state index is 12.0. The van der Waals surface area contributed by atoms with Crippen LogP contribution in [0.25, 0.3) is 0 Å². The number of aliphatic hydroxyl groups excluding tert-OH is 1. The van der Waals surface area contributed by atoms with E-state index in [2.05, 4.69) is 0 Å². The van der Waals surface area contributed by atoms with Gasteiger partial charge in [-0.2, -0.15) is 0 Å². The predicted molar refractivity (Wildman–Crippen MR) is 73.8 cm³/mol. The van der Waals surface area contributed by atoms with Crippen LogP contribution in [-0.2, 0) is 4.79 Å². The Balaban J connectivity index is 1.91. The quantitative estimate of drug-likeness (QED) is 0.877. The van der Waals surface area contributed by atoms with E-state index in [0.29, 0.717) is 22.3 Å². The van der Waals surface area contributed by atoms with Crippen LogP contribution in [-0.4, -0.2) is 41.7 Å². The minimum Gasteiger partial charge on any atom is -0.482 e. The lowest BCUT2D eigenvalue weighted by Crippen LogP contribution is -2.38. The average Bonchev–Trinajstić information content (AvgIpc) is 3.18. The zero-order valence-corrected chi connectivity index (χ0v) is 11.8. The fraction of sp³-hybridized carbons (Fsp3) is 0.462. The van der Waals surface area contributed by atoms with Gasteiger partial charge in [0.1, 0.15) is 5.75 Å². The predicted octanol–water partition coefficient (Wildman–Crippen LogP) is 2.36. The summed E-state index contributed by atoms with van der Waals surface area (Å²) in [7, 11) is 0. The van der Waals surface area contributed by atoms with Gasteiger partial charge in [-0.1, -0.05) is 23.2 Å². The molecular formula is C13H15Cl2NO3. The van der Waals surface area contributed by atoms with E-state index in [-0.39, 0.29) is 25.2 Å². The molecule has 1 aromatic carbocycles. The van der Waals surface area contributed by atoms with Gasteiger partial charge in [-0.3, -0.25) is 4.79 Å². The molecule has 104 valence electrons. The monoisotopic (exact) mass is 303 g/mol. The molecule has 1 saturated carbocycles. The molecule has 1 N–H and O–H groups in total. The summed E-state index contributed by atoms with van der Waals surface area (Å²) in [5, 5.41) is 9.84. The van der Waals surface area contributed by atoms with Gasteiger partial charge in [-0.15, -0.1) is 0 Å². The Kier molecular flexibility index (Phi) is 4.91. The maximum Gasteiger partial charge on any atom is 0.260 e. The Bertz CT molecular complexity index is 463. The lowest BCUT2D eigenvalue weighted by molar-refractivity contribution is -0.134. The van der Waals surface area contributed by atoms with Crippen LogP contribution in [0, 0.1) is 0 Å². The number of carbonyl (C=O) groups is 1. The second-order valence-electron chi connectivity index (χ2n) is 4.41. The average molecular weight is 304 g/mol. The van der Waals surface area contributed by atoms with Gasteiger partial charge in [-0.05, 0) is 31.0 Å². The molecule has 0 atom stereocenters. The summed E-state index contributed by atoms with van der Waals surface area (Å²) in [6, 6.07) is 5.10. The van der Waals surface area contributed by atoms with E-state index < -0.39 is 0 Å². The number of aliphatic hydroxyl groups is 1. The third-order valence-corrected chi connectivity index (χ3v) is 3.42. The highest BCUT2D eigenvalue weighted by Crippen LogP contribution is 2.29. The third kappa shape index (κ3) is 4.00. The van der Waals surface area contributed by atoms with Gasteiger partial charge in [0.15, 0.2) is 6.61 Å². The summed E-state index contributed by atoms with van der Waals surface area (Å²) < 4.78 is 5.40. The molecule has 1 amide bonds. The molecule has 2 rings (SSSR count). The second-order valence-corrected chi connectivity index (χ2v) is 5.25. The smallest absolute Gasteiger partial charge is 0.260 e. The van der Waals surface area contributed by atoms with E-state index in [9.17, 15) is 4.79 Å². The molecule has 1 aliphatic rings. The van der Waals surface area contributed by atoms with Crippen molar-refractivity contribution in [3.8, 4) is 5.75 Å². The first-order valence-corrected chi connectivity index (χ1v) is 6.85. The van der Waals surface area contributed by atoms with Crippen molar-refractivity contribution in [3.05, 3.63) is 28.2 Å². The molecule has 0 saturated heterocycles. The van der Waals surface area contributed by atoms with Gasteiger partial charge >= 0.3 is 0 Å². The molecule has 0 unspecified atom stereocenters. The Morgan fingerprint density at radius 2 is 2.16 bits per heavy atom. The number of rotatable bonds is 6.